The lowest BCUT2D eigenvalue weighted by molar-refractivity contribution is -0.870. The Morgan fingerprint density at radius 3 is 2.28 bits per heavy atom. The number of benzene rings is 1. The first-order chi connectivity index (χ1) is 8.42. The zero-order valence-corrected chi connectivity index (χ0v) is 11.6. The van der Waals surface area contributed by atoms with Crippen molar-refractivity contribution >= 4 is 5.97 Å². The minimum absolute atomic E-state index is 0.296. The van der Waals surface area contributed by atoms with Crippen molar-refractivity contribution in [2.75, 3.05) is 40.9 Å². The molecule has 0 atom stereocenters. The lowest BCUT2D eigenvalue weighted by Gasteiger charge is -2.23. The van der Waals surface area contributed by atoms with Crippen molar-refractivity contribution in [3.8, 4) is 5.75 Å². The van der Waals surface area contributed by atoms with Crippen LogP contribution >= 0.6 is 0 Å². The maximum Gasteiger partial charge on any atom is 0.338 e. The van der Waals surface area contributed by atoms with Crippen molar-refractivity contribution in [2.24, 2.45) is 0 Å². The molecule has 100 valence electrons. The highest BCUT2D eigenvalue weighted by atomic mass is 16.5. The van der Waals surface area contributed by atoms with Crippen LogP contribution in [-0.4, -0.2) is 51.4 Å². The number of rotatable bonds is 6. The molecule has 1 aromatic rings. The molecule has 4 nitrogen and oxygen atoms in total. The molecule has 0 N–H and O–H groups in total. The van der Waals surface area contributed by atoms with Crippen LogP contribution in [0.3, 0.4) is 0 Å². The molecule has 0 amide bonds. The summed E-state index contributed by atoms with van der Waals surface area (Å²) < 4.78 is 11.4. The van der Waals surface area contributed by atoms with E-state index in [4.69, 9.17) is 9.47 Å². The highest BCUT2D eigenvalue weighted by Crippen LogP contribution is 2.13. The van der Waals surface area contributed by atoms with Gasteiger partial charge in [-0.25, -0.2) is 4.79 Å². The van der Waals surface area contributed by atoms with Crippen LogP contribution in [0.25, 0.3) is 0 Å². The maximum atomic E-state index is 11.4. The Kier molecular flexibility index (Phi) is 5.16. The van der Waals surface area contributed by atoms with Gasteiger partial charge >= 0.3 is 5.97 Å². The van der Waals surface area contributed by atoms with E-state index in [1.807, 2.05) is 0 Å². The van der Waals surface area contributed by atoms with Gasteiger partial charge in [-0.15, -0.1) is 0 Å². The van der Waals surface area contributed by atoms with Crippen molar-refractivity contribution < 1.29 is 18.8 Å². The monoisotopic (exact) mass is 252 g/mol. The molecule has 0 bridgehead atoms. The molecular weight excluding hydrogens is 230 g/mol. The Morgan fingerprint density at radius 2 is 1.78 bits per heavy atom. The summed E-state index contributed by atoms with van der Waals surface area (Å²) in [6, 6.07) is 7.03. The summed E-state index contributed by atoms with van der Waals surface area (Å²) in [7, 11) is 6.35. The summed E-state index contributed by atoms with van der Waals surface area (Å²) in [6.07, 6.45) is 0. The van der Waals surface area contributed by atoms with Gasteiger partial charge in [-0.05, 0) is 31.2 Å². The van der Waals surface area contributed by atoms with E-state index < -0.39 is 0 Å². The van der Waals surface area contributed by atoms with E-state index in [0.717, 1.165) is 16.8 Å². The van der Waals surface area contributed by atoms with Crippen molar-refractivity contribution in [3.63, 3.8) is 0 Å². The lowest BCUT2D eigenvalue weighted by Crippen LogP contribution is -2.38. The Balaban J connectivity index is 2.48. The SMILES string of the molecule is CCOC(=O)c1ccc(OCC[N+](C)(C)C)cc1. The van der Waals surface area contributed by atoms with Crippen molar-refractivity contribution in [1.29, 1.82) is 0 Å². The number of nitrogens with zero attached hydrogens (tertiary/aromatic N) is 1. The van der Waals surface area contributed by atoms with Crippen LogP contribution in [-0.2, 0) is 4.74 Å². The zero-order valence-electron chi connectivity index (χ0n) is 11.6. The average molecular weight is 252 g/mol. The highest BCUT2D eigenvalue weighted by molar-refractivity contribution is 5.89. The molecule has 0 aliphatic heterocycles. The van der Waals surface area contributed by atoms with E-state index in [1.165, 1.54) is 0 Å². The first-order valence-electron chi connectivity index (χ1n) is 6.13. The molecule has 0 saturated heterocycles. The Hall–Kier alpha value is -1.55. The molecule has 1 aromatic carbocycles. The van der Waals surface area contributed by atoms with Gasteiger partial charge in [0.2, 0.25) is 0 Å². The second-order valence-corrected chi connectivity index (χ2v) is 5.11. The lowest BCUT2D eigenvalue weighted by atomic mass is 10.2. The number of carbonyl (C=O) groups is 1. The summed E-state index contributed by atoms with van der Waals surface area (Å²) in [6.45, 7) is 3.77. The van der Waals surface area contributed by atoms with Gasteiger partial charge in [0.1, 0.15) is 18.9 Å². The molecule has 0 saturated carbocycles. The standard InChI is InChI=1S/C14H22NO3/c1-5-17-14(16)12-6-8-13(9-7-12)18-11-10-15(2,3)4/h6-9H,5,10-11H2,1-4H3/q+1. The normalized spacial score (nSPS) is 11.1. The topological polar surface area (TPSA) is 35.5 Å². The van der Waals surface area contributed by atoms with Gasteiger partial charge in [-0.3, -0.25) is 0 Å². The zero-order chi connectivity index (χ0) is 13.6. The predicted octanol–water partition coefficient (Wildman–Crippen LogP) is 1.95. The van der Waals surface area contributed by atoms with E-state index in [0.29, 0.717) is 18.8 Å². The Bertz CT molecular complexity index is 379. The van der Waals surface area contributed by atoms with Gasteiger partial charge in [0, 0.05) is 0 Å². The van der Waals surface area contributed by atoms with Crippen molar-refractivity contribution in [2.45, 2.75) is 6.92 Å². The fraction of sp³-hybridized carbons (Fsp3) is 0.500. The summed E-state index contributed by atoms with van der Waals surface area (Å²) in [5.41, 5.74) is 0.552. The van der Waals surface area contributed by atoms with Gasteiger partial charge in [0.05, 0.1) is 33.3 Å². The van der Waals surface area contributed by atoms with Gasteiger partial charge in [0.25, 0.3) is 0 Å². The van der Waals surface area contributed by atoms with E-state index in [9.17, 15) is 4.79 Å². The molecule has 0 spiro atoms. The molecule has 0 heterocycles. The van der Waals surface area contributed by atoms with E-state index in [2.05, 4.69) is 21.1 Å². The quantitative estimate of drug-likeness (QED) is 0.573. The molecule has 0 aliphatic rings. The van der Waals surface area contributed by atoms with Crippen molar-refractivity contribution in [1.82, 2.24) is 0 Å². The van der Waals surface area contributed by atoms with Gasteiger partial charge in [0.15, 0.2) is 0 Å². The molecule has 0 radical (unpaired) electrons. The number of hydrogen-bond donors (Lipinski definition) is 0. The minimum Gasteiger partial charge on any atom is -0.488 e. The second kappa shape index (κ2) is 6.40. The Labute approximate surface area is 109 Å². The second-order valence-electron chi connectivity index (χ2n) is 5.11. The van der Waals surface area contributed by atoms with Crippen LogP contribution in [0.5, 0.6) is 5.75 Å². The maximum absolute atomic E-state index is 11.4. The summed E-state index contributed by atoms with van der Waals surface area (Å²) in [5, 5.41) is 0. The third kappa shape index (κ3) is 5.19. The van der Waals surface area contributed by atoms with Crippen LogP contribution in [0.2, 0.25) is 0 Å². The average Bonchev–Trinajstić information content (AvgIpc) is 2.28. The number of hydrogen-bond acceptors (Lipinski definition) is 3. The number of carbonyl (C=O) groups excluding carboxylic acids is 1. The van der Waals surface area contributed by atoms with Crippen molar-refractivity contribution in [3.05, 3.63) is 29.8 Å². The number of likely N-dealkylation sites (N-methyl/N-ethyl adjacent to an activating group) is 1. The number of ether oxygens (including phenoxy) is 2. The third-order valence-corrected chi connectivity index (χ3v) is 2.40. The fourth-order valence-corrected chi connectivity index (χ4v) is 1.34. The summed E-state index contributed by atoms with van der Waals surface area (Å²) in [5.74, 6) is 0.479. The van der Waals surface area contributed by atoms with Crippen LogP contribution in [0, 0.1) is 0 Å². The Morgan fingerprint density at radius 1 is 1.17 bits per heavy atom. The van der Waals surface area contributed by atoms with E-state index in [1.54, 1.807) is 31.2 Å². The van der Waals surface area contributed by atoms with Crippen LogP contribution in [0.15, 0.2) is 24.3 Å². The van der Waals surface area contributed by atoms with Gasteiger partial charge in [-0.2, -0.15) is 0 Å². The number of quaternary nitrogens is 1. The van der Waals surface area contributed by atoms with Gasteiger partial charge < -0.3 is 14.0 Å². The summed E-state index contributed by atoms with van der Waals surface area (Å²) >= 11 is 0. The van der Waals surface area contributed by atoms with Crippen LogP contribution < -0.4 is 4.74 Å². The van der Waals surface area contributed by atoms with Gasteiger partial charge in [-0.1, -0.05) is 0 Å². The molecule has 4 heteroatoms. The molecule has 0 aromatic heterocycles. The first kappa shape index (κ1) is 14.5. The summed E-state index contributed by atoms with van der Waals surface area (Å²) in [4.78, 5) is 11.4. The fourth-order valence-electron chi connectivity index (χ4n) is 1.34. The van der Waals surface area contributed by atoms with Crippen LogP contribution in [0.4, 0.5) is 0 Å². The van der Waals surface area contributed by atoms with E-state index >= 15 is 0 Å². The highest BCUT2D eigenvalue weighted by Gasteiger charge is 2.08. The minimum atomic E-state index is -0.296. The molecular formula is C14H22NO3+. The first-order valence-corrected chi connectivity index (χ1v) is 6.13. The third-order valence-electron chi connectivity index (χ3n) is 2.40. The smallest absolute Gasteiger partial charge is 0.338 e. The van der Waals surface area contributed by atoms with Crippen LogP contribution in [0.1, 0.15) is 17.3 Å². The molecule has 0 fully saturated rings. The predicted molar refractivity (Wildman–Crippen MR) is 70.8 cm³/mol. The van der Waals surface area contributed by atoms with E-state index in [-0.39, 0.29) is 5.97 Å². The molecule has 18 heavy (non-hydrogen) atoms. The molecule has 0 unspecified atom stereocenters. The largest absolute Gasteiger partial charge is 0.488 e. The number of esters is 1. The molecule has 1 rings (SSSR count). The molecule has 0 aliphatic carbocycles.